The van der Waals surface area contributed by atoms with Crippen molar-refractivity contribution in [2.45, 2.75) is 42.9 Å². The zero-order chi connectivity index (χ0) is 32.5. The number of benzene rings is 2. The number of fused-ring (bicyclic) bond motifs is 1. The minimum absolute atomic E-state index is 0.0746. The van der Waals surface area contributed by atoms with Crippen molar-refractivity contribution in [2.75, 3.05) is 56.9 Å². The van der Waals surface area contributed by atoms with Crippen molar-refractivity contribution in [1.29, 1.82) is 0 Å². The van der Waals surface area contributed by atoms with Gasteiger partial charge in [0.2, 0.25) is 11.9 Å². The van der Waals surface area contributed by atoms with E-state index in [-0.39, 0.29) is 16.8 Å². The number of likely N-dealkylation sites (N-methyl/N-ethyl adjacent to an activating group) is 2. The molecule has 0 atom stereocenters. The van der Waals surface area contributed by atoms with E-state index < -0.39 is 15.1 Å². The Bertz CT molecular complexity index is 1850. The molecule has 0 radical (unpaired) electrons. The van der Waals surface area contributed by atoms with E-state index in [1.807, 2.05) is 56.5 Å². The molecule has 2 aromatic carbocycles. The second kappa shape index (κ2) is 12.9. The summed E-state index contributed by atoms with van der Waals surface area (Å²) < 4.78 is 35.1. The first-order valence-corrected chi connectivity index (χ1v) is 16.5. The maximum atomic E-state index is 13.6. The minimum atomic E-state index is -3.72. The highest BCUT2D eigenvalue weighted by molar-refractivity contribution is 7.92. The molecule has 5 rings (SSSR count). The smallest absolute Gasteiger partial charge is 0.247 e. The number of nitrogens with zero attached hydrogens (tertiary/aromatic N) is 5. The highest BCUT2D eigenvalue weighted by Crippen LogP contribution is 2.43. The molecule has 4 aromatic rings. The van der Waals surface area contributed by atoms with Crippen molar-refractivity contribution in [1.82, 2.24) is 19.4 Å². The van der Waals surface area contributed by atoms with Gasteiger partial charge in [0.1, 0.15) is 10.6 Å². The third kappa shape index (κ3) is 6.66. The molecule has 0 spiro atoms. The third-order valence-electron chi connectivity index (χ3n) is 7.92. The van der Waals surface area contributed by atoms with E-state index in [0.717, 1.165) is 41.5 Å². The lowest BCUT2D eigenvalue weighted by Gasteiger charge is -2.26. The summed E-state index contributed by atoms with van der Waals surface area (Å²) in [5.41, 5.74) is 3.88. The number of hydrogen-bond donors (Lipinski definition) is 2. The molecular formula is C33H41N7O4S. The average molecular weight is 632 g/mol. The largest absolute Gasteiger partial charge is 0.494 e. The molecule has 2 N–H and O–H groups in total. The molecule has 1 aliphatic rings. The highest BCUT2D eigenvalue weighted by Gasteiger charge is 2.30. The van der Waals surface area contributed by atoms with E-state index in [4.69, 9.17) is 9.72 Å². The van der Waals surface area contributed by atoms with Crippen molar-refractivity contribution in [3.63, 3.8) is 0 Å². The Hall–Kier alpha value is -4.42. The SMILES string of the molecule is C=CC(=O)Nc1cc(Nc2ncc(S(=O)(=O)C(C)C)c(-c3cn(C4CC4)c4ccccc34)n2)c(OC)cc1N(C)CCN(C)C. The molecule has 45 heavy (non-hydrogen) atoms. The van der Waals surface area contributed by atoms with Gasteiger partial charge in [-0.1, -0.05) is 24.8 Å². The predicted octanol–water partition coefficient (Wildman–Crippen LogP) is 5.49. The van der Waals surface area contributed by atoms with Crippen LogP contribution < -0.4 is 20.3 Å². The van der Waals surface area contributed by atoms with E-state index in [0.29, 0.717) is 35.4 Å². The highest BCUT2D eigenvalue weighted by atomic mass is 32.2. The summed E-state index contributed by atoms with van der Waals surface area (Å²) in [5, 5.41) is 6.38. The van der Waals surface area contributed by atoms with Crippen LogP contribution in [0.2, 0.25) is 0 Å². The third-order valence-corrected chi connectivity index (χ3v) is 10.1. The normalized spacial score (nSPS) is 13.3. The van der Waals surface area contributed by atoms with Gasteiger partial charge in [0.25, 0.3) is 0 Å². The number of ether oxygens (including phenoxy) is 1. The molecule has 1 fully saturated rings. The van der Waals surface area contributed by atoms with Gasteiger partial charge < -0.3 is 29.7 Å². The van der Waals surface area contributed by atoms with Gasteiger partial charge in [0, 0.05) is 54.9 Å². The summed E-state index contributed by atoms with van der Waals surface area (Å²) in [4.78, 5) is 25.9. The molecule has 11 nitrogen and oxygen atoms in total. The molecule has 0 bridgehead atoms. The van der Waals surface area contributed by atoms with Gasteiger partial charge >= 0.3 is 0 Å². The first-order valence-electron chi connectivity index (χ1n) is 14.9. The Morgan fingerprint density at radius 2 is 1.89 bits per heavy atom. The molecule has 12 heteroatoms. The number of sulfone groups is 1. The molecule has 1 amide bonds. The van der Waals surface area contributed by atoms with E-state index in [9.17, 15) is 13.2 Å². The quantitative estimate of drug-likeness (QED) is 0.185. The zero-order valence-electron chi connectivity index (χ0n) is 26.7. The lowest BCUT2D eigenvalue weighted by atomic mass is 10.1. The Morgan fingerprint density at radius 1 is 1.16 bits per heavy atom. The van der Waals surface area contributed by atoms with Crippen LogP contribution >= 0.6 is 0 Å². The van der Waals surface area contributed by atoms with Crippen molar-refractivity contribution in [3.8, 4) is 17.0 Å². The number of aromatic nitrogens is 3. The summed E-state index contributed by atoms with van der Waals surface area (Å²) in [6, 6.07) is 11.9. The summed E-state index contributed by atoms with van der Waals surface area (Å²) in [6.45, 7) is 8.39. The number of carbonyl (C=O) groups excluding carboxylic acids is 1. The topological polar surface area (TPSA) is 122 Å². The van der Waals surface area contributed by atoms with E-state index in [1.54, 1.807) is 27.0 Å². The first-order chi connectivity index (χ1) is 21.4. The molecule has 0 saturated heterocycles. The molecule has 238 valence electrons. The summed E-state index contributed by atoms with van der Waals surface area (Å²) in [7, 11) is 3.77. The Balaban J connectivity index is 1.63. The number of carbonyl (C=O) groups is 1. The number of rotatable bonds is 13. The number of para-hydroxylation sites is 1. The van der Waals surface area contributed by atoms with Gasteiger partial charge in [-0.25, -0.2) is 18.4 Å². The van der Waals surface area contributed by atoms with Crippen LogP contribution in [0.4, 0.5) is 23.0 Å². The second-order valence-corrected chi connectivity index (χ2v) is 14.3. The maximum absolute atomic E-state index is 13.6. The van der Waals surface area contributed by atoms with E-state index >= 15 is 0 Å². The zero-order valence-corrected chi connectivity index (χ0v) is 27.5. The van der Waals surface area contributed by atoms with Crippen LogP contribution in [0.3, 0.4) is 0 Å². The standard InChI is InChI=1S/C33H41N7O4S/c1-8-31(41)35-25-17-26(29(44-7)18-28(25)39(6)16-15-38(4)5)36-33-34-19-30(45(42,43)21(2)3)32(37-33)24-20-40(22-13-14-22)27-12-10-9-11-23(24)27/h8-12,17-22H,1,13-16H2,2-7H3,(H,35,41)(H,34,36,37). The van der Waals surface area contributed by atoms with Crippen LogP contribution in [-0.4, -0.2) is 80.4 Å². The van der Waals surface area contributed by atoms with Crippen LogP contribution in [0.5, 0.6) is 5.75 Å². The fourth-order valence-electron chi connectivity index (χ4n) is 5.16. The van der Waals surface area contributed by atoms with Gasteiger partial charge in [-0.15, -0.1) is 0 Å². The second-order valence-electron chi connectivity index (χ2n) is 11.8. The number of methoxy groups -OCH3 is 1. The molecule has 1 saturated carbocycles. The molecule has 0 unspecified atom stereocenters. The summed E-state index contributed by atoms with van der Waals surface area (Å²) >= 11 is 0. The first kappa shape index (κ1) is 32.0. The van der Waals surface area contributed by atoms with Crippen LogP contribution in [-0.2, 0) is 14.6 Å². The van der Waals surface area contributed by atoms with Crippen molar-refractivity contribution >= 4 is 49.7 Å². The van der Waals surface area contributed by atoms with E-state index in [2.05, 4.69) is 37.7 Å². The fraction of sp³-hybridized carbons (Fsp3) is 0.364. The van der Waals surface area contributed by atoms with Crippen LogP contribution in [0.1, 0.15) is 32.7 Å². The maximum Gasteiger partial charge on any atom is 0.247 e. The van der Waals surface area contributed by atoms with Crippen molar-refractivity contribution < 1.29 is 17.9 Å². The predicted molar refractivity (Wildman–Crippen MR) is 180 cm³/mol. The Kier molecular flexibility index (Phi) is 9.17. The van der Waals surface area contributed by atoms with E-state index in [1.165, 1.54) is 12.3 Å². The fourth-order valence-corrected chi connectivity index (χ4v) is 6.29. The lowest BCUT2D eigenvalue weighted by Crippen LogP contribution is -2.29. The van der Waals surface area contributed by atoms with Gasteiger partial charge in [-0.2, -0.15) is 0 Å². The van der Waals surface area contributed by atoms with Gasteiger partial charge in [-0.3, -0.25) is 4.79 Å². The van der Waals surface area contributed by atoms with Crippen molar-refractivity contribution in [2.24, 2.45) is 0 Å². The Labute approximate surface area is 264 Å². The van der Waals surface area contributed by atoms with Crippen LogP contribution in [0, 0.1) is 0 Å². The molecule has 2 aromatic heterocycles. The number of hydrogen-bond acceptors (Lipinski definition) is 9. The van der Waals surface area contributed by atoms with Crippen LogP contribution in [0.15, 0.2) is 66.3 Å². The van der Waals surface area contributed by atoms with Crippen LogP contribution in [0.25, 0.3) is 22.2 Å². The molecular weight excluding hydrogens is 590 g/mol. The Morgan fingerprint density at radius 3 is 2.53 bits per heavy atom. The molecule has 2 heterocycles. The number of amides is 1. The number of nitrogens with one attached hydrogen (secondary N) is 2. The number of anilines is 4. The van der Waals surface area contributed by atoms with Crippen molar-refractivity contribution in [3.05, 3.63) is 61.4 Å². The molecule has 1 aliphatic carbocycles. The van der Waals surface area contributed by atoms with Gasteiger partial charge in [0.05, 0.1) is 41.3 Å². The minimum Gasteiger partial charge on any atom is -0.494 e. The summed E-state index contributed by atoms with van der Waals surface area (Å²) in [6.07, 6.45) is 6.75. The summed E-state index contributed by atoms with van der Waals surface area (Å²) in [5.74, 6) is 0.318. The van der Waals surface area contributed by atoms with Gasteiger partial charge in [0.15, 0.2) is 9.84 Å². The average Bonchev–Trinajstić information content (AvgIpc) is 3.79. The molecule has 0 aliphatic heterocycles. The van der Waals surface area contributed by atoms with Gasteiger partial charge in [-0.05, 0) is 59.0 Å². The lowest BCUT2D eigenvalue weighted by molar-refractivity contribution is -0.111. The monoisotopic (exact) mass is 631 g/mol.